The molecule has 0 unspecified atom stereocenters. The number of ether oxygens (including phenoxy) is 2. The maximum absolute atomic E-state index is 12.3. The molecule has 0 aromatic carbocycles. The first-order chi connectivity index (χ1) is 11.5. The van der Waals surface area contributed by atoms with Gasteiger partial charge < -0.3 is 9.47 Å². The van der Waals surface area contributed by atoms with Crippen LogP contribution in [0.15, 0.2) is 17.1 Å². The number of carbonyl (C=O) groups excluding carboxylic acids is 1. The van der Waals surface area contributed by atoms with Gasteiger partial charge in [0.15, 0.2) is 0 Å². The van der Waals surface area contributed by atoms with Gasteiger partial charge >= 0.3 is 5.97 Å². The van der Waals surface area contributed by atoms with Gasteiger partial charge in [-0.05, 0) is 43.6 Å². The molecule has 1 aliphatic rings. The molecule has 0 bridgehead atoms. The summed E-state index contributed by atoms with van der Waals surface area (Å²) in [5.41, 5.74) is 1.72. The second kappa shape index (κ2) is 8.66. The number of nitrogens with zero attached hydrogens (tertiary/aromatic N) is 2. The fraction of sp³-hybridized carbons (Fsp3) is 0.611. The molecule has 0 radical (unpaired) electrons. The van der Waals surface area contributed by atoms with Crippen molar-refractivity contribution in [2.75, 3.05) is 13.7 Å². The molecular formula is C18H26N2O4. The number of aromatic nitrogens is 2. The van der Waals surface area contributed by atoms with Gasteiger partial charge in [-0.1, -0.05) is 6.92 Å². The molecule has 2 rings (SSSR count). The zero-order chi connectivity index (χ0) is 17.5. The summed E-state index contributed by atoms with van der Waals surface area (Å²) >= 11 is 0. The standard InChI is InChI=1S/C18H26N2O4/c1-4-24-10-9-16-15(14-6-7-14)11-17(21)20(19-16)12-13(2)5-8-18(22)23-3/h9-11,13-14H,4-8,12H2,1-3H3/b10-9+/t13-/m0/s1. The minimum Gasteiger partial charge on any atom is -0.501 e. The van der Waals surface area contributed by atoms with Crippen LogP contribution in [0.4, 0.5) is 0 Å². The summed E-state index contributed by atoms with van der Waals surface area (Å²) in [7, 11) is 1.38. The van der Waals surface area contributed by atoms with E-state index in [1.54, 1.807) is 12.3 Å². The van der Waals surface area contributed by atoms with Crippen molar-refractivity contribution in [3.63, 3.8) is 0 Å². The summed E-state index contributed by atoms with van der Waals surface area (Å²) in [5.74, 6) is 0.370. The Morgan fingerprint density at radius 1 is 1.50 bits per heavy atom. The lowest BCUT2D eigenvalue weighted by Crippen LogP contribution is -2.27. The molecular weight excluding hydrogens is 308 g/mol. The highest BCUT2D eigenvalue weighted by molar-refractivity contribution is 5.69. The molecule has 24 heavy (non-hydrogen) atoms. The van der Waals surface area contributed by atoms with E-state index in [0.717, 1.165) is 24.1 Å². The highest BCUT2D eigenvalue weighted by atomic mass is 16.5. The van der Waals surface area contributed by atoms with Gasteiger partial charge in [0.1, 0.15) is 0 Å². The van der Waals surface area contributed by atoms with Crippen LogP contribution in [0.1, 0.15) is 56.7 Å². The van der Waals surface area contributed by atoms with Crippen molar-refractivity contribution in [1.82, 2.24) is 9.78 Å². The zero-order valence-electron chi connectivity index (χ0n) is 14.7. The summed E-state index contributed by atoms with van der Waals surface area (Å²) in [4.78, 5) is 23.6. The van der Waals surface area contributed by atoms with Crippen molar-refractivity contribution in [3.8, 4) is 0 Å². The molecule has 1 heterocycles. The monoisotopic (exact) mass is 334 g/mol. The van der Waals surface area contributed by atoms with E-state index in [0.29, 0.717) is 31.9 Å². The van der Waals surface area contributed by atoms with E-state index in [1.807, 2.05) is 19.9 Å². The normalized spacial score (nSPS) is 15.5. The van der Waals surface area contributed by atoms with Crippen molar-refractivity contribution >= 4 is 12.0 Å². The minimum atomic E-state index is -0.230. The average Bonchev–Trinajstić information content (AvgIpc) is 3.40. The molecule has 0 amide bonds. The molecule has 6 nitrogen and oxygen atoms in total. The van der Waals surface area contributed by atoms with Crippen LogP contribution < -0.4 is 5.56 Å². The number of rotatable bonds is 9. The molecule has 0 spiro atoms. The predicted octanol–water partition coefficient (Wildman–Crippen LogP) is 2.72. The van der Waals surface area contributed by atoms with Crippen LogP contribution in [0.5, 0.6) is 0 Å². The summed E-state index contributed by atoms with van der Waals surface area (Å²) in [6, 6.07) is 1.70. The van der Waals surface area contributed by atoms with E-state index in [9.17, 15) is 9.59 Å². The topological polar surface area (TPSA) is 70.4 Å². The lowest BCUT2D eigenvalue weighted by Gasteiger charge is -2.14. The number of hydrogen-bond acceptors (Lipinski definition) is 5. The first kappa shape index (κ1) is 18.2. The van der Waals surface area contributed by atoms with Crippen LogP contribution in [0.25, 0.3) is 6.08 Å². The van der Waals surface area contributed by atoms with Gasteiger partial charge in [0, 0.05) is 25.1 Å². The van der Waals surface area contributed by atoms with E-state index in [4.69, 9.17) is 4.74 Å². The SMILES string of the molecule is CCO/C=C/c1nn(C[C@@H](C)CCC(=O)OC)c(=O)cc1C1CC1. The Morgan fingerprint density at radius 2 is 2.25 bits per heavy atom. The quantitative estimate of drug-likeness (QED) is 0.513. The molecule has 0 aliphatic heterocycles. The van der Waals surface area contributed by atoms with Crippen molar-refractivity contribution in [2.45, 2.75) is 52.0 Å². The Labute approximate surface area is 142 Å². The molecule has 6 heteroatoms. The van der Waals surface area contributed by atoms with E-state index in [1.165, 1.54) is 11.8 Å². The maximum atomic E-state index is 12.3. The second-order valence-electron chi connectivity index (χ2n) is 6.26. The second-order valence-corrected chi connectivity index (χ2v) is 6.26. The third-order valence-corrected chi connectivity index (χ3v) is 4.12. The van der Waals surface area contributed by atoms with Crippen LogP contribution in [0.2, 0.25) is 0 Å². The van der Waals surface area contributed by atoms with E-state index in [-0.39, 0.29) is 17.4 Å². The van der Waals surface area contributed by atoms with Crippen LogP contribution >= 0.6 is 0 Å². The maximum Gasteiger partial charge on any atom is 0.305 e. The number of carbonyl (C=O) groups is 1. The third-order valence-electron chi connectivity index (χ3n) is 4.12. The minimum absolute atomic E-state index is 0.0876. The summed E-state index contributed by atoms with van der Waals surface area (Å²) in [6.07, 6.45) is 6.68. The zero-order valence-corrected chi connectivity index (χ0v) is 14.7. The highest BCUT2D eigenvalue weighted by Crippen LogP contribution is 2.40. The summed E-state index contributed by atoms with van der Waals surface area (Å²) in [6.45, 7) is 5.00. The van der Waals surface area contributed by atoms with Gasteiger partial charge in [-0.3, -0.25) is 9.59 Å². The average molecular weight is 334 g/mol. The lowest BCUT2D eigenvalue weighted by atomic mass is 10.1. The Bertz CT molecular complexity index is 647. The number of esters is 1. The lowest BCUT2D eigenvalue weighted by molar-refractivity contribution is -0.140. The van der Waals surface area contributed by atoms with Gasteiger partial charge in [0.25, 0.3) is 5.56 Å². The first-order valence-corrected chi connectivity index (χ1v) is 8.52. The molecule has 1 fully saturated rings. The largest absolute Gasteiger partial charge is 0.501 e. The first-order valence-electron chi connectivity index (χ1n) is 8.52. The van der Waals surface area contributed by atoms with Crippen LogP contribution in [-0.4, -0.2) is 29.5 Å². The molecule has 0 N–H and O–H groups in total. The van der Waals surface area contributed by atoms with Gasteiger partial charge in [-0.25, -0.2) is 4.68 Å². The van der Waals surface area contributed by atoms with Crippen molar-refractivity contribution in [2.24, 2.45) is 5.92 Å². The van der Waals surface area contributed by atoms with E-state index < -0.39 is 0 Å². The third kappa shape index (κ3) is 5.22. The van der Waals surface area contributed by atoms with Gasteiger partial charge in [0.2, 0.25) is 0 Å². The van der Waals surface area contributed by atoms with Gasteiger partial charge in [-0.15, -0.1) is 0 Å². The van der Waals surface area contributed by atoms with Gasteiger partial charge in [-0.2, -0.15) is 5.10 Å². The molecule has 1 aliphatic carbocycles. The fourth-order valence-electron chi connectivity index (χ4n) is 2.56. The molecule has 1 aromatic heterocycles. The predicted molar refractivity (Wildman–Crippen MR) is 91.5 cm³/mol. The van der Waals surface area contributed by atoms with E-state index in [2.05, 4.69) is 9.84 Å². The number of methoxy groups -OCH3 is 1. The van der Waals surface area contributed by atoms with Crippen LogP contribution in [0.3, 0.4) is 0 Å². The summed E-state index contributed by atoms with van der Waals surface area (Å²) < 4.78 is 11.4. The smallest absolute Gasteiger partial charge is 0.305 e. The van der Waals surface area contributed by atoms with Crippen molar-refractivity contribution in [1.29, 1.82) is 0 Å². The molecule has 1 aromatic rings. The Morgan fingerprint density at radius 3 is 2.88 bits per heavy atom. The molecule has 1 atom stereocenters. The van der Waals surface area contributed by atoms with Crippen LogP contribution in [-0.2, 0) is 20.8 Å². The number of hydrogen-bond donors (Lipinski definition) is 0. The Balaban J connectivity index is 2.12. The van der Waals surface area contributed by atoms with E-state index >= 15 is 0 Å². The molecule has 0 saturated heterocycles. The summed E-state index contributed by atoms with van der Waals surface area (Å²) in [5, 5.41) is 4.51. The van der Waals surface area contributed by atoms with Gasteiger partial charge in [0.05, 0.1) is 25.7 Å². The highest BCUT2D eigenvalue weighted by Gasteiger charge is 2.27. The van der Waals surface area contributed by atoms with Crippen molar-refractivity contribution in [3.05, 3.63) is 33.9 Å². The molecule has 132 valence electrons. The molecule has 1 saturated carbocycles. The Hall–Kier alpha value is -2.11. The fourth-order valence-corrected chi connectivity index (χ4v) is 2.56. The van der Waals surface area contributed by atoms with Crippen molar-refractivity contribution < 1.29 is 14.3 Å². The van der Waals surface area contributed by atoms with Crippen LogP contribution in [0, 0.1) is 5.92 Å². The Kier molecular flexibility index (Phi) is 6.58.